The number of ether oxygens (including phenoxy) is 1. The summed E-state index contributed by atoms with van der Waals surface area (Å²) in [7, 11) is 1.75. The summed E-state index contributed by atoms with van der Waals surface area (Å²) in [5, 5.41) is 4.62. The molecule has 0 aliphatic rings. The molecular formula is C22H24FN3O2. The van der Waals surface area contributed by atoms with Crippen molar-refractivity contribution in [1.29, 1.82) is 0 Å². The number of halogens is 1. The van der Waals surface area contributed by atoms with Crippen molar-refractivity contribution in [3.05, 3.63) is 77.4 Å². The molecular weight excluding hydrogens is 357 g/mol. The van der Waals surface area contributed by atoms with E-state index in [0.29, 0.717) is 6.54 Å². The van der Waals surface area contributed by atoms with E-state index in [1.165, 1.54) is 6.07 Å². The molecule has 0 aliphatic carbocycles. The zero-order valence-electron chi connectivity index (χ0n) is 16.4. The van der Waals surface area contributed by atoms with Gasteiger partial charge in [-0.2, -0.15) is 5.10 Å². The third kappa shape index (κ3) is 4.39. The molecule has 1 amide bonds. The Hall–Kier alpha value is -3.15. The first-order chi connectivity index (χ1) is 13.5. The lowest BCUT2D eigenvalue weighted by Gasteiger charge is -2.18. The van der Waals surface area contributed by atoms with Crippen LogP contribution < -0.4 is 4.74 Å². The molecule has 0 N–H and O–H groups in total. The molecule has 0 spiro atoms. The SMILES string of the molecule is Cc1nn(-c2ccccc2)c(C)c1CN(C)C(=O)CCOc1ccccc1F. The van der Waals surface area contributed by atoms with Gasteiger partial charge in [-0.15, -0.1) is 0 Å². The van der Waals surface area contributed by atoms with Gasteiger partial charge in [-0.1, -0.05) is 30.3 Å². The first-order valence-corrected chi connectivity index (χ1v) is 9.19. The van der Waals surface area contributed by atoms with Gasteiger partial charge in [0.2, 0.25) is 5.91 Å². The van der Waals surface area contributed by atoms with E-state index in [9.17, 15) is 9.18 Å². The second kappa shape index (κ2) is 8.69. The lowest BCUT2D eigenvalue weighted by molar-refractivity contribution is -0.130. The topological polar surface area (TPSA) is 47.4 Å². The van der Waals surface area contributed by atoms with Crippen LogP contribution in [0.25, 0.3) is 5.69 Å². The molecule has 3 aromatic rings. The molecule has 2 aromatic carbocycles. The Kier molecular flexibility index (Phi) is 6.09. The lowest BCUT2D eigenvalue weighted by Crippen LogP contribution is -2.28. The highest BCUT2D eigenvalue weighted by Gasteiger charge is 2.17. The molecule has 5 nitrogen and oxygen atoms in total. The minimum atomic E-state index is -0.428. The van der Waals surface area contributed by atoms with Crippen LogP contribution in [0.1, 0.15) is 23.4 Å². The Balaban J connectivity index is 1.61. The number of aromatic nitrogens is 2. The first kappa shape index (κ1) is 19.6. The van der Waals surface area contributed by atoms with Crippen LogP contribution in [0.4, 0.5) is 4.39 Å². The second-order valence-electron chi connectivity index (χ2n) is 6.68. The predicted molar refractivity (Wildman–Crippen MR) is 106 cm³/mol. The average Bonchev–Trinajstić information content (AvgIpc) is 2.98. The summed E-state index contributed by atoms with van der Waals surface area (Å²) in [5.74, 6) is -0.334. The number of carbonyl (C=O) groups excluding carboxylic acids is 1. The lowest BCUT2D eigenvalue weighted by atomic mass is 10.2. The average molecular weight is 381 g/mol. The van der Waals surface area contributed by atoms with E-state index < -0.39 is 5.82 Å². The molecule has 0 unspecified atom stereocenters. The molecule has 6 heteroatoms. The second-order valence-corrected chi connectivity index (χ2v) is 6.68. The van der Waals surface area contributed by atoms with E-state index in [0.717, 1.165) is 22.6 Å². The zero-order valence-corrected chi connectivity index (χ0v) is 16.4. The fourth-order valence-electron chi connectivity index (χ4n) is 3.05. The Morgan fingerprint density at radius 2 is 1.79 bits per heavy atom. The smallest absolute Gasteiger partial charge is 0.226 e. The number of hydrogen-bond donors (Lipinski definition) is 0. The van der Waals surface area contributed by atoms with Gasteiger partial charge in [-0.25, -0.2) is 9.07 Å². The molecule has 0 radical (unpaired) electrons. The molecule has 0 saturated heterocycles. The van der Waals surface area contributed by atoms with E-state index in [-0.39, 0.29) is 24.7 Å². The number of aryl methyl sites for hydroxylation is 1. The van der Waals surface area contributed by atoms with Gasteiger partial charge in [0.15, 0.2) is 11.6 Å². The van der Waals surface area contributed by atoms with Crippen molar-refractivity contribution < 1.29 is 13.9 Å². The Bertz CT molecular complexity index is 954. The van der Waals surface area contributed by atoms with Gasteiger partial charge in [0.1, 0.15) is 0 Å². The van der Waals surface area contributed by atoms with Crippen molar-refractivity contribution in [2.75, 3.05) is 13.7 Å². The molecule has 0 atom stereocenters. The highest BCUT2D eigenvalue weighted by molar-refractivity contribution is 5.76. The van der Waals surface area contributed by atoms with Crippen LogP contribution in [0, 0.1) is 19.7 Å². The number of benzene rings is 2. The zero-order chi connectivity index (χ0) is 20.1. The summed E-state index contributed by atoms with van der Waals surface area (Å²) in [6.45, 7) is 4.54. The summed E-state index contributed by atoms with van der Waals surface area (Å²) in [6, 6.07) is 16.1. The molecule has 1 aromatic heterocycles. The fraction of sp³-hybridized carbons (Fsp3) is 0.273. The monoisotopic (exact) mass is 381 g/mol. The highest BCUT2D eigenvalue weighted by Crippen LogP contribution is 2.20. The third-order valence-electron chi connectivity index (χ3n) is 4.67. The summed E-state index contributed by atoms with van der Waals surface area (Å²) in [6.07, 6.45) is 0.176. The van der Waals surface area contributed by atoms with E-state index in [1.54, 1.807) is 30.1 Å². The molecule has 0 aliphatic heterocycles. The van der Waals surface area contributed by atoms with Crippen LogP contribution in [0.2, 0.25) is 0 Å². The number of amides is 1. The van der Waals surface area contributed by atoms with Gasteiger partial charge < -0.3 is 9.64 Å². The number of para-hydroxylation sites is 2. The van der Waals surface area contributed by atoms with Crippen LogP contribution >= 0.6 is 0 Å². The van der Waals surface area contributed by atoms with Crippen LogP contribution in [0.3, 0.4) is 0 Å². The van der Waals surface area contributed by atoms with E-state index in [1.807, 2.05) is 48.9 Å². The quantitative estimate of drug-likeness (QED) is 0.620. The molecule has 3 rings (SSSR count). The van der Waals surface area contributed by atoms with Gasteiger partial charge in [-0.3, -0.25) is 4.79 Å². The van der Waals surface area contributed by atoms with Crippen LogP contribution in [-0.4, -0.2) is 34.2 Å². The maximum absolute atomic E-state index is 13.6. The van der Waals surface area contributed by atoms with Crippen molar-refractivity contribution in [1.82, 2.24) is 14.7 Å². The Labute approximate surface area is 164 Å². The van der Waals surface area contributed by atoms with Crippen molar-refractivity contribution >= 4 is 5.91 Å². The van der Waals surface area contributed by atoms with Crippen molar-refractivity contribution in [3.8, 4) is 11.4 Å². The van der Waals surface area contributed by atoms with Gasteiger partial charge >= 0.3 is 0 Å². The van der Waals surface area contributed by atoms with Crippen molar-refractivity contribution in [2.24, 2.45) is 0 Å². The maximum atomic E-state index is 13.6. The number of hydrogen-bond acceptors (Lipinski definition) is 3. The minimum absolute atomic E-state index is 0.0670. The Morgan fingerprint density at radius 3 is 2.50 bits per heavy atom. The fourth-order valence-corrected chi connectivity index (χ4v) is 3.05. The standard InChI is InChI=1S/C22H24FN3O2/c1-16-19(17(2)26(24-16)18-9-5-4-6-10-18)15-25(3)22(27)13-14-28-21-12-8-7-11-20(21)23/h4-12H,13-15H2,1-3H3. The molecule has 28 heavy (non-hydrogen) atoms. The summed E-state index contributed by atoms with van der Waals surface area (Å²) >= 11 is 0. The number of carbonyl (C=O) groups is 1. The van der Waals surface area contributed by atoms with Gasteiger partial charge in [-0.05, 0) is 38.1 Å². The van der Waals surface area contributed by atoms with Gasteiger partial charge in [0.25, 0.3) is 0 Å². The predicted octanol–water partition coefficient (Wildman–Crippen LogP) is 4.06. The highest BCUT2D eigenvalue weighted by atomic mass is 19.1. The normalized spacial score (nSPS) is 10.7. The van der Waals surface area contributed by atoms with Crippen LogP contribution in [0.5, 0.6) is 5.75 Å². The van der Waals surface area contributed by atoms with Gasteiger partial charge in [0.05, 0.1) is 24.4 Å². The summed E-state index contributed by atoms with van der Waals surface area (Å²) < 4.78 is 20.8. The Morgan fingerprint density at radius 1 is 1.11 bits per heavy atom. The van der Waals surface area contributed by atoms with Crippen molar-refractivity contribution in [3.63, 3.8) is 0 Å². The summed E-state index contributed by atoms with van der Waals surface area (Å²) in [4.78, 5) is 14.1. The molecule has 0 fully saturated rings. The number of rotatable bonds is 7. The largest absolute Gasteiger partial charge is 0.490 e. The van der Waals surface area contributed by atoms with Crippen molar-refractivity contribution in [2.45, 2.75) is 26.8 Å². The molecule has 146 valence electrons. The first-order valence-electron chi connectivity index (χ1n) is 9.19. The molecule has 0 saturated carbocycles. The van der Waals surface area contributed by atoms with E-state index in [2.05, 4.69) is 5.10 Å². The number of nitrogens with zero attached hydrogens (tertiary/aromatic N) is 3. The third-order valence-corrected chi connectivity index (χ3v) is 4.67. The van der Waals surface area contributed by atoms with Crippen LogP contribution in [0.15, 0.2) is 54.6 Å². The van der Waals surface area contributed by atoms with Crippen LogP contribution in [-0.2, 0) is 11.3 Å². The molecule has 0 bridgehead atoms. The maximum Gasteiger partial charge on any atom is 0.226 e. The molecule has 1 heterocycles. The van der Waals surface area contributed by atoms with E-state index in [4.69, 9.17) is 4.74 Å². The minimum Gasteiger partial charge on any atom is -0.490 e. The summed E-state index contributed by atoms with van der Waals surface area (Å²) in [5.41, 5.74) is 3.91. The van der Waals surface area contributed by atoms with Gasteiger partial charge in [0, 0.05) is 24.8 Å². The van der Waals surface area contributed by atoms with E-state index >= 15 is 0 Å².